The number of thioether (sulfide) groups is 1. The van der Waals surface area contributed by atoms with Gasteiger partial charge in [-0.05, 0) is 50.1 Å². The highest BCUT2D eigenvalue weighted by Gasteiger charge is 2.22. The van der Waals surface area contributed by atoms with Crippen LogP contribution in [0.25, 0.3) is 6.08 Å². The van der Waals surface area contributed by atoms with Gasteiger partial charge in [-0.15, -0.1) is 0 Å². The molecule has 2 aromatic carbocycles. The number of hydrogen-bond acceptors (Lipinski definition) is 4. The predicted octanol–water partition coefficient (Wildman–Crippen LogP) is 4.24. The summed E-state index contributed by atoms with van der Waals surface area (Å²) in [6, 6.07) is 13.4. The molecule has 0 atom stereocenters. The molecule has 1 aliphatic heterocycles. The fourth-order valence-corrected chi connectivity index (χ4v) is 3.67. The molecule has 3 rings (SSSR count). The van der Waals surface area contributed by atoms with E-state index in [-0.39, 0.29) is 11.8 Å². The molecule has 1 aliphatic rings. The summed E-state index contributed by atoms with van der Waals surface area (Å²) in [6.07, 6.45) is 2.64. The van der Waals surface area contributed by atoms with Crippen LogP contribution in [0.1, 0.15) is 34.8 Å². The Morgan fingerprint density at radius 2 is 2.00 bits per heavy atom. The monoisotopic (exact) mass is 396 g/mol. The number of anilines is 1. The Bertz CT molecular complexity index is 891. The van der Waals surface area contributed by atoms with E-state index in [1.807, 2.05) is 50.3 Å². The molecule has 146 valence electrons. The average molecular weight is 397 g/mol. The van der Waals surface area contributed by atoms with Crippen molar-refractivity contribution >= 4 is 35.3 Å². The van der Waals surface area contributed by atoms with Crippen LogP contribution in [0.4, 0.5) is 5.69 Å². The molecule has 0 aliphatic carbocycles. The van der Waals surface area contributed by atoms with Gasteiger partial charge in [-0.2, -0.15) is 0 Å². The van der Waals surface area contributed by atoms with Gasteiger partial charge < -0.3 is 15.4 Å². The summed E-state index contributed by atoms with van der Waals surface area (Å²) in [5.74, 6) is -0.313. The van der Waals surface area contributed by atoms with Crippen molar-refractivity contribution < 1.29 is 14.3 Å². The highest BCUT2D eigenvalue weighted by Crippen LogP contribution is 2.39. The lowest BCUT2D eigenvalue weighted by Gasteiger charge is -2.19. The maximum absolute atomic E-state index is 12.5. The SMILES string of the molecule is CCOCCCNC(=O)c1ccc2c(c1)NC(=O)/C(=C\c1ccc(C)cc1)S2. The van der Waals surface area contributed by atoms with Gasteiger partial charge in [0.25, 0.3) is 11.8 Å². The van der Waals surface area contributed by atoms with E-state index in [0.717, 1.165) is 16.9 Å². The summed E-state index contributed by atoms with van der Waals surface area (Å²) in [4.78, 5) is 26.3. The number of benzene rings is 2. The van der Waals surface area contributed by atoms with Crippen molar-refractivity contribution in [2.45, 2.75) is 25.2 Å². The van der Waals surface area contributed by atoms with E-state index in [4.69, 9.17) is 4.74 Å². The first-order chi connectivity index (χ1) is 13.6. The summed E-state index contributed by atoms with van der Waals surface area (Å²) in [5.41, 5.74) is 3.35. The Morgan fingerprint density at radius 1 is 1.21 bits per heavy atom. The minimum atomic E-state index is -0.160. The zero-order chi connectivity index (χ0) is 19.9. The maximum Gasteiger partial charge on any atom is 0.262 e. The Labute approximate surface area is 169 Å². The quantitative estimate of drug-likeness (QED) is 0.543. The lowest BCUT2D eigenvalue weighted by molar-refractivity contribution is -0.112. The largest absolute Gasteiger partial charge is 0.382 e. The van der Waals surface area contributed by atoms with Gasteiger partial charge >= 0.3 is 0 Å². The number of ether oxygens (including phenoxy) is 1. The average Bonchev–Trinajstić information content (AvgIpc) is 2.69. The van der Waals surface area contributed by atoms with Crippen LogP contribution in [-0.4, -0.2) is 31.6 Å². The third-order valence-corrected chi connectivity index (χ3v) is 5.36. The molecule has 5 nitrogen and oxygen atoms in total. The molecule has 0 fully saturated rings. The molecule has 6 heteroatoms. The number of aryl methyl sites for hydroxylation is 1. The van der Waals surface area contributed by atoms with Gasteiger partial charge in [-0.25, -0.2) is 0 Å². The van der Waals surface area contributed by atoms with Crippen LogP contribution in [0.5, 0.6) is 0 Å². The summed E-state index contributed by atoms with van der Waals surface area (Å²) in [7, 11) is 0. The molecule has 0 saturated carbocycles. The van der Waals surface area contributed by atoms with Crippen LogP contribution in [-0.2, 0) is 9.53 Å². The van der Waals surface area contributed by atoms with Crippen molar-refractivity contribution in [2.24, 2.45) is 0 Å². The third-order valence-electron chi connectivity index (χ3n) is 4.26. The molecular formula is C22H24N2O3S. The van der Waals surface area contributed by atoms with E-state index in [2.05, 4.69) is 10.6 Å². The first-order valence-corrected chi connectivity index (χ1v) is 10.2. The van der Waals surface area contributed by atoms with Crippen LogP contribution >= 0.6 is 11.8 Å². The summed E-state index contributed by atoms with van der Waals surface area (Å²) >= 11 is 1.41. The predicted molar refractivity (Wildman–Crippen MR) is 114 cm³/mol. The zero-order valence-electron chi connectivity index (χ0n) is 16.1. The van der Waals surface area contributed by atoms with Crippen molar-refractivity contribution in [1.82, 2.24) is 5.32 Å². The van der Waals surface area contributed by atoms with Crippen LogP contribution < -0.4 is 10.6 Å². The van der Waals surface area contributed by atoms with E-state index in [1.54, 1.807) is 12.1 Å². The highest BCUT2D eigenvalue weighted by atomic mass is 32.2. The topological polar surface area (TPSA) is 67.4 Å². The molecule has 1 heterocycles. The van der Waals surface area contributed by atoms with Gasteiger partial charge in [0.05, 0.1) is 10.6 Å². The van der Waals surface area contributed by atoms with Gasteiger partial charge in [0.1, 0.15) is 0 Å². The Balaban J connectivity index is 1.67. The molecule has 2 aromatic rings. The molecule has 0 spiro atoms. The Kier molecular flexibility index (Phi) is 6.90. The summed E-state index contributed by atoms with van der Waals surface area (Å²) in [5, 5.41) is 5.76. The van der Waals surface area contributed by atoms with E-state index < -0.39 is 0 Å². The Hall–Kier alpha value is -2.57. The zero-order valence-corrected chi connectivity index (χ0v) is 16.9. The van der Waals surface area contributed by atoms with Gasteiger partial charge in [0.15, 0.2) is 0 Å². The van der Waals surface area contributed by atoms with Crippen molar-refractivity contribution in [1.29, 1.82) is 0 Å². The van der Waals surface area contributed by atoms with Crippen molar-refractivity contribution in [3.05, 3.63) is 64.1 Å². The van der Waals surface area contributed by atoms with Crippen molar-refractivity contribution in [2.75, 3.05) is 25.1 Å². The number of fused-ring (bicyclic) bond motifs is 1. The van der Waals surface area contributed by atoms with Crippen molar-refractivity contribution in [3.63, 3.8) is 0 Å². The molecule has 0 saturated heterocycles. The van der Waals surface area contributed by atoms with Gasteiger partial charge in [-0.3, -0.25) is 9.59 Å². The molecule has 28 heavy (non-hydrogen) atoms. The van der Waals surface area contributed by atoms with Crippen molar-refractivity contribution in [3.8, 4) is 0 Å². The molecular weight excluding hydrogens is 372 g/mol. The van der Waals surface area contributed by atoms with E-state index in [1.165, 1.54) is 17.3 Å². The molecule has 0 unspecified atom stereocenters. The molecule has 0 bridgehead atoms. The minimum absolute atomic E-state index is 0.153. The number of carbonyl (C=O) groups excluding carboxylic acids is 2. The smallest absolute Gasteiger partial charge is 0.262 e. The number of nitrogens with one attached hydrogen (secondary N) is 2. The fraction of sp³-hybridized carbons (Fsp3) is 0.273. The van der Waals surface area contributed by atoms with Gasteiger partial charge in [0.2, 0.25) is 0 Å². The van der Waals surface area contributed by atoms with Gasteiger partial charge in [0, 0.05) is 30.2 Å². The summed E-state index contributed by atoms with van der Waals surface area (Å²) < 4.78 is 5.26. The molecule has 2 N–H and O–H groups in total. The molecule has 0 radical (unpaired) electrons. The summed E-state index contributed by atoms with van der Waals surface area (Å²) in [6.45, 7) is 5.84. The second kappa shape index (κ2) is 9.57. The first kappa shape index (κ1) is 20.2. The molecule has 0 aromatic heterocycles. The van der Waals surface area contributed by atoms with Crippen LogP contribution in [0.15, 0.2) is 52.3 Å². The standard InChI is InChI=1S/C22H24N2O3S/c1-3-27-12-4-11-23-21(25)17-9-10-19-18(14-17)24-22(26)20(28-19)13-16-7-5-15(2)6-8-16/h5-10,13-14H,3-4,11-12H2,1-2H3,(H,23,25)(H,24,26)/b20-13+. The maximum atomic E-state index is 12.5. The van der Waals surface area contributed by atoms with E-state index in [9.17, 15) is 9.59 Å². The second-order valence-electron chi connectivity index (χ2n) is 6.49. The van der Waals surface area contributed by atoms with Crippen LogP contribution in [0.3, 0.4) is 0 Å². The third kappa shape index (κ3) is 5.24. The van der Waals surface area contributed by atoms with Crippen LogP contribution in [0, 0.1) is 6.92 Å². The number of amides is 2. The van der Waals surface area contributed by atoms with Crippen LogP contribution in [0.2, 0.25) is 0 Å². The minimum Gasteiger partial charge on any atom is -0.382 e. The lowest BCUT2D eigenvalue weighted by atomic mass is 10.1. The van der Waals surface area contributed by atoms with E-state index >= 15 is 0 Å². The van der Waals surface area contributed by atoms with Gasteiger partial charge in [-0.1, -0.05) is 41.6 Å². The first-order valence-electron chi connectivity index (χ1n) is 9.34. The second-order valence-corrected chi connectivity index (χ2v) is 7.58. The fourth-order valence-electron chi connectivity index (χ4n) is 2.74. The van der Waals surface area contributed by atoms with E-state index in [0.29, 0.717) is 35.9 Å². The Morgan fingerprint density at radius 3 is 2.75 bits per heavy atom. The lowest BCUT2D eigenvalue weighted by Crippen LogP contribution is -2.26. The molecule has 2 amide bonds. The number of rotatable bonds is 7. The number of hydrogen-bond donors (Lipinski definition) is 2. The normalized spacial score (nSPS) is 14.5. The number of carbonyl (C=O) groups is 2. The highest BCUT2D eigenvalue weighted by molar-refractivity contribution is 8.04.